The number of hydrogen-bond donors (Lipinski definition) is 0. The molecule has 292 valence electrons. The van der Waals surface area contributed by atoms with Crippen LogP contribution in [0.15, 0.2) is 54.6 Å². The fourth-order valence-corrected chi connectivity index (χ4v) is 4.78. The average molecular weight is 801 g/mol. The Morgan fingerprint density at radius 1 is 0.346 bits per heavy atom. The average Bonchev–Trinajstić information content (AvgIpc) is 3.07. The SMILES string of the molecule is CC(C)c1cccc(C(C)C)c1[O-].CC(C)c1cccc(C(C)C)c1[O-].CC(C)c1cccc(C(C)C)c1[O-].COCCOC.COCCOC.[Y+3]. The van der Waals surface area contributed by atoms with Crippen molar-refractivity contribution in [3.05, 3.63) is 88.0 Å². The molecule has 7 nitrogen and oxygen atoms in total. The molecule has 0 fully saturated rings. The van der Waals surface area contributed by atoms with E-state index in [2.05, 4.69) is 102 Å². The summed E-state index contributed by atoms with van der Waals surface area (Å²) < 4.78 is 18.6. The molecule has 0 amide bonds. The Labute approximate surface area is 343 Å². The maximum Gasteiger partial charge on any atom is 3.00 e. The van der Waals surface area contributed by atoms with E-state index in [-0.39, 0.29) is 50.0 Å². The van der Waals surface area contributed by atoms with Gasteiger partial charge in [-0.25, -0.2) is 0 Å². The van der Waals surface area contributed by atoms with Gasteiger partial charge in [0.25, 0.3) is 0 Å². The molecular weight excluding hydrogens is 729 g/mol. The Hall–Kier alpha value is -2.00. The van der Waals surface area contributed by atoms with Crippen LogP contribution in [0.1, 0.15) is 152 Å². The summed E-state index contributed by atoms with van der Waals surface area (Å²) in [6, 6.07) is 17.5. The summed E-state index contributed by atoms with van der Waals surface area (Å²) in [4.78, 5) is 0. The molecule has 0 aliphatic carbocycles. The second kappa shape index (κ2) is 31.4. The standard InChI is InChI=1S/3C12H18O.2C4H10O2.Y/c3*1-8(2)10-6-5-7-11(9(3)4)12(10)13;2*1-5-3-4-6-2;/h3*5-9,13H,1-4H3;2*3-4H2,1-2H3;/q;;;;;+3/p-3. The zero-order valence-corrected chi connectivity index (χ0v) is 38.3. The predicted octanol–water partition coefficient (Wildman–Crippen LogP) is 9.58. The molecule has 0 radical (unpaired) electrons. The van der Waals surface area contributed by atoms with E-state index in [1.807, 2.05) is 54.6 Å². The van der Waals surface area contributed by atoms with Crippen LogP contribution < -0.4 is 15.3 Å². The first-order valence-electron chi connectivity index (χ1n) is 18.3. The second-order valence-corrected chi connectivity index (χ2v) is 14.2. The van der Waals surface area contributed by atoms with Crippen molar-refractivity contribution < 1.29 is 67.0 Å². The van der Waals surface area contributed by atoms with Crippen molar-refractivity contribution in [1.29, 1.82) is 0 Å². The Bertz CT molecular complexity index is 1060. The quantitative estimate of drug-likeness (QED) is 0.168. The van der Waals surface area contributed by atoms with Gasteiger partial charge in [0.2, 0.25) is 0 Å². The summed E-state index contributed by atoms with van der Waals surface area (Å²) in [5, 5.41) is 35.6. The van der Waals surface area contributed by atoms with Gasteiger partial charge < -0.3 is 34.3 Å². The molecule has 0 heterocycles. The van der Waals surface area contributed by atoms with Crippen LogP contribution in [0.5, 0.6) is 17.2 Å². The van der Waals surface area contributed by atoms with Crippen LogP contribution in [-0.4, -0.2) is 54.9 Å². The van der Waals surface area contributed by atoms with E-state index in [1.165, 1.54) is 0 Å². The number of benzene rings is 3. The third kappa shape index (κ3) is 21.6. The number of hydrogen-bond acceptors (Lipinski definition) is 7. The van der Waals surface area contributed by atoms with Crippen molar-refractivity contribution in [1.82, 2.24) is 0 Å². The van der Waals surface area contributed by atoms with Crippen LogP contribution in [0.25, 0.3) is 0 Å². The monoisotopic (exact) mass is 800 g/mol. The molecular formula is C44H71O7Y. The summed E-state index contributed by atoms with van der Waals surface area (Å²) >= 11 is 0. The molecule has 3 aromatic rings. The van der Waals surface area contributed by atoms with Crippen molar-refractivity contribution in [2.75, 3.05) is 54.9 Å². The van der Waals surface area contributed by atoms with Crippen molar-refractivity contribution in [2.24, 2.45) is 0 Å². The predicted molar refractivity (Wildman–Crippen MR) is 210 cm³/mol. The van der Waals surface area contributed by atoms with E-state index in [9.17, 15) is 15.3 Å². The molecule has 8 heteroatoms. The Balaban J connectivity index is -0.000000597. The summed E-state index contributed by atoms with van der Waals surface area (Å²) in [6.07, 6.45) is 0. The molecule has 0 spiro atoms. The topological polar surface area (TPSA) is 106 Å². The van der Waals surface area contributed by atoms with Gasteiger partial charge in [0.15, 0.2) is 0 Å². The molecule has 0 aliphatic rings. The molecule has 0 aliphatic heterocycles. The molecule has 3 aromatic carbocycles. The molecule has 0 saturated heterocycles. The van der Waals surface area contributed by atoms with Crippen LogP contribution >= 0.6 is 0 Å². The number of para-hydroxylation sites is 3. The second-order valence-electron chi connectivity index (χ2n) is 14.2. The van der Waals surface area contributed by atoms with Crippen molar-refractivity contribution in [3.63, 3.8) is 0 Å². The molecule has 0 atom stereocenters. The fourth-order valence-electron chi connectivity index (χ4n) is 4.78. The van der Waals surface area contributed by atoms with Gasteiger partial charge in [-0.1, -0.05) is 171 Å². The molecule has 0 aromatic heterocycles. The zero-order valence-electron chi connectivity index (χ0n) is 35.4. The van der Waals surface area contributed by atoms with Gasteiger partial charge in [-0.2, -0.15) is 0 Å². The molecule has 0 N–H and O–H groups in total. The number of methoxy groups -OCH3 is 4. The van der Waals surface area contributed by atoms with Crippen LogP contribution in [0.3, 0.4) is 0 Å². The number of rotatable bonds is 12. The minimum atomic E-state index is 0. The van der Waals surface area contributed by atoms with Crippen molar-refractivity contribution in [2.45, 2.75) is 119 Å². The van der Waals surface area contributed by atoms with Crippen molar-refractivity contribution in [3.8, 4) is 17.2 Å². The van der Waals surface area contributed by atoms with Gasteiger partial charge in [0, 0.05) is 28.4 Å². The van der Waals surface area contributed by atoms with Crippen LogP contribution in [0.4, 0.5) is 0 Å². The molecule has 0 unspecified atom stereocenters. The van der Waals surface area contributed by atoms with E-state index in [1.54, 1.807) is 28.4 Å². The van der Waals surface area contributed by atoms with Crippen LogP contribution in [0.2, 0.25) is 0 Å². The Kier molecular flexibility index (Phi) is 32.8. The summed E-state index contributed by atoms with van der Waals surface area (Å²) in [5.41, 5.74) is 5.62. The first kappa shape index (κ1) is 54.3. The van der Waals surface area contributed by atoms with Gasteiger partial charge in [0.05, 0.1) is 26.4 Å². The summed E-state index contributed by atoms with van der Waals surface area (Å²) in [6.45, 7) is 27.4. The maximum atomic E-state index is 11.9. The van der Waals surface area contributed by atoms with E-state index in [0.717, 1.165) is 33.4 Å². The van der Waals surface area contributed by atoms with Gasteiger partial charge >= 0.3 is 32.7 Å². The molecule has 52 heavy (non-hydrogen) atoms. The smallest absolute Gasteiger partial charge is 0.872 e. The minimum absolute atomic E-state index is 0. The maximum absolute atomic E-state index is 11.9. The van der Waals surface area contributed by atoms with E-state index >= 15 is 0 Å². The molecule has 0 bridgehead atoms. The van der Waals surface area contributed by atoms with E-state index in [4.69, 9.17) is 0 Å². The minimum Gasteiger partial charge on any atom is -0.872 e. The molecule has 3 rings (SSSR count). The van der Waals surface area contributed by atoms with Gasteiger partial charge in [0.1, 0.15) is 0 Å². The van der Waals surface area contributed by atoms with Gasteiger partial charge in [-0.15, -0.1) is 17.2 Å². The third-order valence-corrected chi connectivity index (χ3v) is 7.94. The number of ether oxygens (including phenoxy) is 4. The largest absolute Gasteiger partial charge is 3.00 e. The van der Waals surface area contributed by atoms with Crippen LogP contribution in [0, 0.1) is 0 Å². The van der Waals surface area contributed by atoms with Crippen LogP contribution in [-0.2, 0) is 51.7 Å². The first-order valence-corrected chi connectivity index (χ1v) is 18.3. The Morgan fingerprint density at radius 2 is 0.481 bits per heavy atom. The zero-order chi connectivity index (χ0) is 39.7. The van der Waals surface area contributed by atoms with E-state index < -0.39 is 0 Å². The first-order chi connectivity index (χ1) is 23.9. The molecule has 0 saturated carbocycles. The van der Waals surface area contributed by atoms with Crippen molar-refractivity contribution >= 4 is 0 Å². The third-order valence-electron chi connectivity index (χ3n) is 7.94. The van der Waals surface area contributed by atoms with Gasteiger partial charge in [-0.05, 0) is 35.5 Å². The Morgan fingerprint density at radius 3 is 0.577 bits per heavy atom. The van der Waals surface area contributed by atoms with Gasteiger partial charge in [-0.3, -0.25) is 0 Å². The normalized spacial score (nSPS) is 10.5. The summed E-state index contributed by atoms with van der Waals surface area (Å²) in [5.74, 6) is 2.64. The summed E-state index contributed by atoms with van der Waals surface area (Å²) in [7, 11) is 6.61. The fraction of sp³-hybridized carbons (Fsp3) is 0.591. The van der Waals surface area contributed by atoms with E-state index in [0.29, 0.717) is 61.9 Å².